The van der Waals surface area contributed by atoms with E-state index in [0.717, 1.165) is 24.2 Å². The van der Waals surface area contributed by atoms with Crippen LogP contribution < -0.4 is 4.90 Å². The van der Waals surface area contributed by atoms with Crippen molar-refractivity contribution in [1.82, 2.24) is 4.90 Å². The van der Waals surface area contributed by atoms with Crippen molar-refractivity contribution in [2.75, 3.05) is 31.1 Å². The van der Waals surface area contributed by atoms with E-state index in [1.807, 2.05) is 66.4 Å². The molecule has 3 aromatic rings. The zero-order chi connectivity index (χ0) is 20.2. The molecular formula is C25H25FN2O. The Labute approximate surface area is 171 Å². The van der Waals surface area contributed by atoms with Gasteiger partial charge in [0.1, 0.15) is 5.82 Å². The van der Waals surface area contributed by atoms with Gasteiger partial charge < -0.3 is 9.80 Å². The van der Waals surface area contributed by atoms with Gasteiger partial charge in [-0.25, -0.2) is 4.39 Å². The number of carbonyl (C=O) groups is 1. The van der Waals surface area contributed by atoms with Gasteiger partial charge >= 0.3 is 0 Å². The van der Waals surface area contributed by atoms with Crippen LogP contribution in [0.4, 0.5) is 10.1 Å². The summed E-state index contributed by atoms with van der Waals surface area (Å²) in [7, 11) is 0. The lowest BCUT2D eigenvalue weighted by Crippen LogP contribution is -2.49. The molecule has 1 amide bonds. The van der Waals surface area contributed by atoms with Gasteiger partial charge in [0.25, 0.3) is 0 Å². The smallest absolute Gasteiger partial charge is 0.229 e. The van der Waals surface area contributed by atoms with E-state index in [0.29, 0.717) is 18.7 Å². The first-order valence-corrected chi connectivity index (χ1v) is 10.1. The number of rotatable bonds is 4. The Morgan fingerprint density at radius 3 is 2.10 bits per heavy atom. The summed E-state index contributed by atoms with van der Waals surface area (Å²) < 4.78 is 14.7. The molecule has 3 aromatic carbocycles. The summed E-state index contributed by atoms with van der Waals surface area (Å²) in [5.41, 5.74) is 3.31. The van der Waals surface area contributed by atoms with E-state index in [2.05, 4.69) is 17.0 Å². The molecule has 4 heteroatoms. The quantitative estimate of drug-likeness (QED) is 0.632. The molecule has 1 unspecified atom stereocenters. The van der Waals surface area contributed by atoms with E-state index in [1.165, 1.54) is 11.8 Å². The topological polar surface area (TPSA) is 23.6 Å². The molecule has 0 saturated carbocycles. The molecule has 0 radical (unpaired) electrons. The first-order valence-electron chi connectivity index (χ1n) is 10.1. The maximum Gasteiger partial charge on any atom is 0.229 e. The third-order valence-corrected chi connectivity index (χ3v) is 5.66. The molecule has 1 fully saturated rings. The minimum absolute atomic E-state index is 0.0598. The van der Waals surface area contributed by atoms with Crippen LogP contribution in [-0.4, -0.2) is 37.0 Å². The Kier molecular flexibility index (Phi) is 5.61. The Hall–Kier alpha value is -3.14. The summed E-state index contributed by atoms with van der Waals surface area (Å²) in [4.78, 5) is 17.2. The molecule has 1 aliphatic rings. The van der Waals surface area contributed by atoms with Crippen molar-refractivity contribution in [2.24, 2.45) is 0 Å². The van der Waals surface area contributed by atoms with Crippen molar-refractivity contribution < 1.29 is 9.18 Å². The summed E-state index contributed by atoms with van der Waals surface area (Å²) in [5.74, 6) is -0.593. The lowest BCUT2D eigenvalue weighted by atomic mass is 9.95. The highest BCUT2D eigenvalue weighted by Gasteiger charge is 2.26. The fourth-order valence-corrected chi connectivity index (χ4v) is 3.89. The van der Waals surface area contributed by atoms with Gasteiger partial charge in [0, 0.05) is 37.4 Å². The van der Waals surface area contributed by atoms with E-state index in [9.17, 15) is 9.18 Å². The molecule has 1 aliphatic heterocycles. The number of nitrogens with zero attached hydrogens (tertiary/aromatic N) is 2. The van der Waals surface area contributed by atoms with Crippen LogP contribution in [-0.2, 0) is 4.79 Å². The van der Waals surface area contributed by atoms with Gasteiger partial charge in [-0.1, -0.05) is 60.7 Å². The molecule has 3 nitrogen and oxygen atoms in total. The van der Waals surface area contributed by atoms with Crippen molar-refractivity contribution in [1.29, 1.82) is 0 Å². The number of halogens is 1. The largest absolute Gasteiger partial charge is 0.368 e. The third-order valence-electron chi connectivity index (χ3n) is 5.66. The zero-order valence-electron chi connectivity index (χ0n) is 16.6. The summed E-state index contributed by atoms with van der Waals surface area (Å²) >= 11 is 0. The van der Waals surface area contributed by atoms with Gasteiger partial charge in [-0.2, -0.15) is 0 Å². The summed E-state index contributed by atoms with van der Waals surface area (Å²) in [5, 5.41) is 0. The van der Waals surface area contributed by atoms with Crippen molar-refractivity contribution in [3.05, 3.63) is 90.2 Å². The minimum Gasteiger partial charge on any atom is -0.368 e. The fraction of sp³-hybridized carbons (Fsp3) is 0.240. The molecule has 0 N–H and O–H groups in total. The standard InChI is InChI=1S/C25H25FN2O/c1-19(21-12-13-23(24(26)18-21)20-8-4-2-5-9-20)25(29)28-16-14-27(15-17-28)22-10-6-3-7-11-22/h2-13,18-19H,14-17H2,1H3. The zero-order valence-corrected chi connectivity index (χ0v) is 16.6. The van der Waals surface area contributed by atoms with Gasteiger partial charge in [-0.15, -0.1) is 0 Å². The van der Waals surface area contributed by atoms with Gasteiger partial charge in [0.2, 0.25) is 5.91 Å². The Bertz CT molecular complexity index is 967. The van der Waals surface area contributed by atoms with E-state index in [1.54, 1.807) is 6.07 Å². The fourth-order valence-electron chi connectivity index (χ4n) is 3.89. The number of benzene rings is 3. The number of amides is 1. The van der Waals surface area contributed by atoms with Crippen LogP contribution in [0.15, 0.2) is 78.9 Å². The molecule has 1 atom stereocenters. The van der Waals surface area contributed by atoms with Crippen molar-refractivity contribution in [3.63, 3.8) is 0 Å². The molecule has 0 bridgehead atoms. The lowest BCUT2D eigenvalue weighted by molar-refractivity contribution is -0.132. The van der Waals surface area contributed by atoms with Gasteiger partial charge in [0.05, 0.1) is 5.92 Å². The average molecular weight is 388 g/mol. The molecular weight excluding hydrogens is 363 g/mol. The van der Waals surface area contributed by atoms with Crippen LogP contribution in [0.3, 0.4) is 0 Å². The Morgan fingerprint density at radius 2 is 1.48 bits per heavy atom. The highest BCUT2D eigenvalue weighted by Crippen LogP contribution is 2.27. The van der Waals surface area contributed by atoms with E-state index < -0.39 is 0 Å². The van der Waals surface area contributed by atoms with Crippen LogP contribution >= 0.6 is 0 Å². The second-order valence-electron chi connectivity index (χ2n) is 7.47. The first-order chi connectivity index (χ1) is 14.1. The second-order valence-corrected chi connectivity index (χ2v) is 7.47. The van der Waals surface area contributed by atoms with Gasteiger partial charge in [-0.3, -0.25) is 4.79 Å². The van der Waals surface area contributed by atoms with Crippen LogP contribution in [0.2, 0.25) is 0 Å². The van der Waals surface area contributed by atoms with Crippen LogP contribution in [0, 0.1) is 5.82 Å². The number of hydrogen-bond donors (Lipinski definition) is 0. The summed E-state index contributed by atoms with van der Waals surface area (Å²) in [6.45, 7) is 4.85. The van der Waals surface area contributed by atoms with Crippen molar-refractivity contribution >= 4 is 11.6 Å². The van der Waals surface area contributed by atoms with Crippen molar-refractivity contribution in [2.45, 2.75) is 12.8 Å². The maximum atomic E-state index is 14.7. The predicted octanol–water partition coefficient (Wildman–Crippen LogP) is 4.95. The number of hydrogen-bond acceptors (Lipinski definition) is 2. The van der Waals surface area contributed by atoms with Crippen LogP contribution in [0.1, 0.15) is 18.4 Å². The Balaban J connectivity index is 1.43. The van der Waals surface area contributed by atoms with E-state index in [-0.39, 0.29) is 17.6 Å². The molecule has 0 aliphatic carbocycles. The van der Waals surface area contributed by atoms with E-state index >= 15 is 0 Å². The average Bonchev–Trinajstić information content (AvgIpc) is 2.79. The first kappa shape index (κ1) is 19.2. The number of piperazine rings is 1. The molecule has 29 heavy (non-hydrogen) atoms. The highest BCUT2D eigenvalue weighted by molar-refractivity contribution is 5.84. The van der Waals surface area contributed by atoms with Crippen molar-refractivity contribution in [3.8, 4) is 11.1 Å². The third kappa shape index (κ3) is 4.16. The second kappa shape index (κ2) is 8.48. The van der Waals surface area contributed by atoms with E-state index in [4.69, 9.17) is 0 Å². The highest BCUT2D eigenvalue weighted by atomic mass is 19.1. The Morgan fingerprint density at radius 1 is 0.862 bits per heavy atom. The van der Waals surface area contributed by atoms with Crippen LogP contribution in [0.5, 0.6) is 0 Å². The maximum absolute atomic E-state index is 14.7. The number of carbonyl (C=O) groups excluding carboxylic acids is 1. The molecule has 0 spiro atoms. The number of para-hydroxylation sites is 1. The summed E-state index contributed by atoms with van der Waals surface area (Å²) in [6.07, 6.45) is 0. The molecule has 1 heterocycles. The monoisotopic (exact) mass is 388 g/mol. The number of anilines is 1. The van der Waals surface area contributed by atoms with Gasteiger partial charge in [0.15, 0.2) is 0 Å². The minimum atomic E-state index is -0.363. The normalized spacial score (nSPS) is 15.2. The predicted molar refractivity (Wildman–Crippen MR) is 115 cm³/mol. The lowest BCUT2D eigenvalue weighted by Gasteiger charge is -2.37. The molecule has 148 valence electrons. The molecule has 0 aromatic heterocycles. The van der Waals surface area contributed by atoms with Gasteiger partial charge in [-0.05, 0) is 36.2 Å². The SMILES string of the molecule is CC(C(=O)N1CCN(c2ccccc2)CC1)c1ccc(-c2ccccc2)c(F)c1. The summed E-state index contributed by atoms with van der Waals surface area (Å²) in [6, 6.07) is 24.9. The van der Waals surface area contributed by atoms with Crippen LogP contribution in [0.25, 0.3) is 11.1 Å². The molecule has 1 saturated heterocycles. The molecule has 4 rings (SSSR count).